The number of piperazine rings is 1. The number of carbonyl (C=O) groups is 1. The van der Waals surface area contributed by atoms with Crippen LogP contribution in [-0.4, -0.2) is 83.4 Å². The van der Waals surface area contributed by atoms with Crippen molar-refractivity contribution in [3.8, 4) is 0 Å². The molecule has 6 heteroatoms. The van der Waals surface area contributed by atoms with Gasteiger partial charge in [0, 0.05) is 45.8 Å². The Kier molecular flexibility index (Phi) is 8.93. The summed E-state index contributed by atoms with van der Waals surface area (Å²) in [4.78, 5) is 19.2. The van der Waals surface area contributed by atoms with Gasteiger partial charge < -0.3 is 14.7 Å². The Bertz CT molecular complexity index is 1200. The Hall–Kier alpha value is -3.45. The van der Waals surface area contributed by atoms with Gasteiger partial charge in [0.1, 0.15) is 5.60 Å². The molecule has 0 spiro atoms. The fraction of sp³-hybridized carbons (Fsp3) is 0.400. The van der Waals surface area contributed by atoms with Crippen LogP contribution in [-0.2, 0) is 10.3 Å². The molecule has 1 atom stereocenters. The lowest BCUT2D eigenvalue weighted by Crippen LogP contribution is -2.53. The monoisotopic (exact) mass is 553 g/mol. The van der Waals surface area contributed by atoms with Crippen molar-refractivity contribution in [1.82, 2.24) is 14.7 Å². The van der Waals surface area contributed by atoms with Crippen LogP contribution in [0.5, 0.6) is 0 Å². The smallest absolute Gasteiger partial charge is 0.410 e. The Morgan fingerprint density at radius 3 is 1.76 bits per heavy atom. The van der Waals surface area contributed by atoms with E-state index in [0.717, 1.165) is 31.8 Å². The van der Waals surface area contributed by atoms with E-state index in [1.807, 2.05) is 20.8 Å². The normalized spacial score (nSPS) is 20.2. The standard InChI is InChI=1S/C35H43N3O3/c1-34(2,3)41-33(40)37-25-23-36(24-26-37)21-19-28-27-38(22-20-32(28)39)35(29-13-7-4-8-14-29,30-15-9-5-10-16-30)31-17-11-6-12-18-31/h4-19,32,39H,20-27H2,1-3H3/b28-19+. The second-order valence-electron chi connectivity index (χ2n) is 12.1. The zero-order valence-corrected chi connectivity index (χ0v) is 24.6. The summed E-state index contributed by atoms with van der Waals surface area (Å²) in [6, 6.07) is 32.2. The van der Waals surface area contributed by atoms with Gasteiger partial charge in [0.25, 0.3) is 0 Å². The minimum Gasteiger partial charge on any atom is -0.444 e. The summed E-state index contributed by atoms with van der Waals surface area (Å²) >= 11 is 0. The fourth-order valence-electron chi connectivity index (χ4n) is 6.13. The molecule has 1 N–H and O–H groups in total. The molecular weight excluding hydrogens is 510 g/mol. The van der Waals surface area contributed by atoms with E-state index in [4.69, 9.17) is 4.74 Å². The van der Waals surface area contributed by atoms with Gasteiger partial charge in [-0.05, 0) is 49.5 Å². The molecule has 2 fully saturated rings. The van der Waals surface area contributed by atoms with Crippen molar-refractivity contribution < 1.29 is 14.6 Å². The number of carbonyl (C=O) groups excluding carboxylic acids is 1. The zero-order chi connectivity index (χ0) is 28.9. The number of benzene rings is 3. The van der Waals surface area contributed by atoms with Crippen molar-refractivity contribution in [3.05, 3.63) is 119 Å². The molecule has 2 heterocycles. The van der Waals surface area contributed by atoms with E-state index in [9.17, 15) is 9.90 Å². The summed E-state index contributed by atoms with van der Waals surface area (Å²) in [6.07, 6.45) is 2.18. The van der Waals surface area contributed by atoms with E-state index in [1.165, 1.54) is 16.7 Å². The first-order valence-corrected chi connectivity index (χ1v) is 14.8. The lowest BCUT2D eigenvalue weighted by atomic mass is 9.74. The van der Waals surface area contributed by atoms with Gasteiger partial charge in [-0.15, -0.1) is 0 Å². The zero-order valence-electron chi connectivity index (χ0n) is 24.6. The van der Waals surface area contributed by atoms with Crippen LogP contribution < -0.4 is 0 Å². The molecule has 3 aromatic rings. The fourth-order valence-corrected chi connectivity index (χ4v) is 6.13. The summed E-state index contributed by atoms with van der Waals surface area (Å²) in [7, 11) is 0. The third-order valence-corrected chi connectivity index (χ3v) is 8.16. The molecule has 1 amide bonds. The summed E-state index contributed by atoms with van der Waals surface area (Å²) in [5.41, 5.74) is 3.71. The minimum atomic E-state index is -0.498. The van der Waals surface area contributed by atoms with Gasteiger partial charge in [-0.2, -0.15) is 0 Å². The van der Waals surface area contributed by atoms with Crippen LogP contribution in [0.2, 0.25) is 0 Å². The number of ether oxygens (including phenoxy) is 1. The maximum atomic E-state index is 12.5. The number of hydrogen-bond donors (Lipinski definition) is 1. The molecule has 1 unspecified atom stereocenters. The topological polar surface area (TPSA) is 56.2 Å². The predicted molar refractivity (Wildman–Crippen MR) is 164 cm³/mol. The summed E-state index contributed by atoms with van der Waals surface area (Å²) in [6.45, 7) is 10.7. The van der Waals surface area contributed by atoms with Crippen LogP contribution in [0.1, 0.15) is 43.9 Å². The molecule has 2 aliphatic heterocycles. The molecule has 0 saturated carbocycles. The van der Waals surface area contributed by atoms with Gasteiger partial charge in [-0.3, -0.25) is 9.80 Å². The first-order valence-electron chi connectivity index (χ1n) is 14.8. The molecule has 5 rings (SSSR count). The van der Waals surface area contributed by atoms with Gasteiger partial charge >= 0.3 is 6.09 Å². The lowest BCUT2D eigenvalue weighted by Gasteiger charge is -2.48. The highest BCUT2D eigenvalue weighted by Crippen LogP contribution is 2.44. The second kappa shape index (κ2) is 12.6. The number of aliphatic hydroxyl groups excluding tert-OH is 1. The van der Waals surface area contributed by atoms with Crippen molar-refractivity contribution >= 4 is 6.09 Å². The highest BCUT2D eigenvalue weighted by Gasteiger charge is 2.44. The van der Waals surface area contributed by atoms with Crippen molar-refractivity contribution in [1.29, 1.82) is 0 Å². The van der Waals surface area contributed by atoms with Crippen LogP contribution in [0.15, 0.2) is 103 Å². The van der Waals surface area contributed by atoms with Gasteiger partial charge in [-0.1, -0.05) is 97.1 Å². The van der Waals surface area contributed by atoms with Crippen LogP contribution >= 0.6 is 0 Å². The predicted octanol–water partition coefficient (Wildman–Crippen LogP) is 5.52. The van der Waals surface area contributed by atoms with Crippen molar-refractivity contribution in [2.45, 2.75) is 44.4 Å². The first kappa shape index (κ1) is 29.1. The average molecular weight is 554 g/mol. The Morgan fingerprint density at radius 2 is 1.29 bits per heavy atom. The molecule has 41 heavy (non-hydrogen) atoms. The van der Waals surface area contributed by atoms with Gasteiger partial charge in [0.05, 0.1) is 11.6 Å². The van der Waals surface area contributed by atoms with Gasteiger partial charge in [-0.25, -0.2) is 4.79 Å². The Balaban J connectivity index is 1.40. The number of rotatable bonds is 6. The van der Waals surface area contributed by atoms with E-state index in [0.29, 0.717) is 26.1 Å². The van der Waals surface area contributed by atoms with Gasteiger partial charge in [0.15, 0.2) is 0 Å². The number of likely N-dealkylation sites (tertiary alicyclic amines) is 1. The molecule has 2 aliphatic rings. The molecule has 6 nitrogen and oxygen atoms in total. The van der Waals surface area contributed by atoms with Crippen molar-refractivity contribution in [2.75, 3.05) is 45.8 Å². The molecule has 3 aromatic carbocycles. The number of nitrogens with zero attached hydrogens (tertiary/aromatic N) is 3. The van der Waals surface area contributed by atoms with Crippen LogP contribution in [0.25, 0.3) is 0 Å². The number of amides is 1. The maximum absolute atomic E-state index is 12.5. The largest absolute Gasteiger partial charge is 0.444 e. The number of aliphatic hydroxyl groups is 1. The summed E-state index contributed by atoms with van der Waals surface area (Å²) in [5.74, 6) is 0. The molecule has 0 aliphatic carbocycles. The Morgan fingerprint density at radius 1 is 0.805 bits per heavy atom. The minimum absolute atomic E-state index is 0.243. The van der Waals surface area contributed by atoms with Crippen molar-refractivity contribution in [2.24, 2.45) is 0 Å². The third-order valence-electron chi connectivity index (χ3n) is 8.16. The van der Waals surface area contributed by atoms with E-state index in [2.05, 4.69) is 107 Å². The van der Waals surface area contributed by atoms with Crippen molar-refractivity contribution in [3.63, 3.8) is 0 Å². The molecule has 0 bridgehead atoms. The van der Waals surface area contributed by atoms with Crippen LogP contribution in [0.3, 0.4) is 0 Å². The molecule has 2 saturated heterocycles. The SMILES string of the molecule is CC(C)(C)OC(=O)N1CCN(C/C=C2\CN(C(c3ccccc3)(c3ccccc3)c3ccccc3)CCC2O)CC1. The quantitative estimate of drug-likeness (QED) is 0.322. The molecular formula is C35H43N3O3. The summed E-state index contributed by atoms with van der Waals surface area (Å²) in [5, 5.41) is 11.1. The molecule has 0 aromatic heterocycles. The lowest BCUT2D eigenvalue weighted by molar-refractivity contribution is 0.0153. The Labute approximate surface area is 244 Å². The van der Waals surface area contributed by atoms with E-state index < -0.39 is 17.2 Å². The maximum Gasteiger partial charge on any atom is 0.410 e. The number of piperidine rings is 1. The van der Waals surface area contributed by atoms with Crippen LogP contribution in [0, 0.1) is 0 Å². The number of hydrogen-bond acceptors (Lipinski definition) is 5. The molecule has 0 radical (unpaired) electrons. The van der Waals surface area contributed by atoms with E-state index >= 15 is 0 Å². The highest BCUT2D eigenvalue weighted by molar-refractivity contribution is 5.68. The van der Waals surface area contributed by atoms with E-state index in [1.54, 1.807) is 4.90 Å². The van der Waals surface area contributed by atoms with Gasteiger partial charge in [0.2, 0.25) is 0 Å². The summed E-state index contributed by atoms with van der Waals surface area (Å²) < 4.78 is 5.55. The highest BCUT2D eigenvalue weighted by atomic mass is 16.6. The van der Waals surface area contributed by atoms with E-state index in [-0.39, 0.29) is 6.09 Å². The second-order valence-corrected chi connectivity index (χ2v) is 12.1. The molecule has 216 valence electrons. The first-order chi connectivity index (χ1) is 19.8. The average Bonchev–Trinajstić information content (AvgIpc) is 2.99. The van der Waals surface area contributed by atoms with Crippen LogP contribution in [0.4, 0.5) is 4.79 Å². The third kappa shape index (κ3) is 6.56.